The Balaban J connectivity index is 1.19. The molecule has 2 heteroatoms. The molecule has 0 aliphatic rings. The molecule has 0 N–H and O–H groups in total. The van der Waals surface area contributed by atoms with Crippen LogP contribution in [0.25, 0.3) is 76.9 Å². The Bertz CT molecular complexity index is 3080. The van der Waals surface area contributed by atoms with Gasteiger partial charge in [-0.2, -0.15) is 0 Å². The summed E-state index contributed by atoms with van der Waals surface area (Å²) in [5.74, 6) is 0. The molecule has 0 fully saturated rings. The molecule has 10 aromatic rings. The fourth-order valence-electron chi connectivity index (χ4n) is 7.40. The van der Waals surface area contributed by atoms with Gasteiger partial charge in [0.25, 0.3) is 0 Å². The molecule has 0 aliphatic carbocycles. The van der Waals surface area contributed by atoms with E-state index in [1.54, 1.807) is 0 Å². The van der Waals surface area contributed by atoms with Crippen molar-refractivity contribution in [1.82, 2.24) is 0 Å². The van der Waals surface area contributed by atoms with Gasteiger partial charge in [0.05, 0.1) is 16.6 Å². The summed E-state index contributed by atoms with van der Waals surface area (Å²) in [6.07, 6.45) is 0. The second-order valence-corrected chi connectivity index (χ2v) is 13.0. The van der Waals surface area contributed by atoms with Crippen molar-refractivity contribution in [3.05, 3.63) is 200 Å². The Morgan fingerprint density at radius 1 is 0.385 bits per heavy atom. The fraction of sp³-hybridized carbons (Fsp3) is 0. The maximum absolute atomic E-state index is 9.58. The molecule has 0 bridgehead atoms. The number of nitrogens with zero attached hydrogens (tertiary/aromatic N) is 1. The van der Waals surface area contributed by atoms with Gasteiger partial charge >= 0.3 is 0 Å². The highest BCUT2D eigenvalue weighted by molar-refractivity contribution is 6.19. The second kappa shape index (κ2) is 12.5. The Hall–Kier alpha value is -6.90. The number of fused-ring (bicyclic) bond motifs is 6. The average molecular weight is 668 g/mol. The molecule has 0 spiro atoms. The predicted octanol–water partition coefficient (Wildman–Crippen LogP) is 14.4. The van der Waals surface area contributed by atoms with E-state index in [0.717, 1.165) is 60.2 Å². The third-order valence-electron chi connectivity index (χ3n) is 9.95. The average Bonchev–Trinajstić information content (AvgIpc) is 3.65. The van der Waals surface area contributed by atoms with Crippen LogP contribution in [0, 0.1) is 0 Å². The molecule has 244 valence electrons. The molecule has 0 aliphatic heterocycles. The van der Waals surface area contributed by atoms with Gasteiger partial charge in [-0.3, -0.25) is 0 Å². The monoisotopic (exact) mass is 667 g/mol. The molecule has 0 saturated carbocycles. The number of furan rings is 1. The van der Waals surface area contributed by atoms with E-state index in [1.807, 2.05) is 114 Å². The van der Waals surface area contributed by atoms with Gasteiger partial charge in [-0.05, 0) is 92.0 Å². The van der Waals surface area contributed by atoms with E-state index in [4.69, 9.17) is 4.42 Å². The van der Waals surface area contributed by atoms with Gasteiger partial charge in [0.1, 0.15) is 11.2 Å². The van der Waals surface area contributed by atoms with E-state index in [1.165, 1.54) is 0 Å². The lowest BCUT2D eigenvalue weighted by Crippen LogP contribution is -2.10. The highest BCUT2D eigenvalue weighted by Crippen LogP contribution is 2.45. The van der Waals surface area contributed by atoms with E-state index < -0.39 is 0 Å². The van der Waals surface area contributed by atoms with Crippen molar-refractivity contribution in [1.29, 1.82) is 0 Å². The third-order valence-corrected chi connectivity index (χ3v) is 9.95. The third kappa shape index (κ3) is 5.12. The van der Waals surface area contributed by atoms with Crippen LogP contribution in [-0.2, 0) is 0 Å². The quantitative estimate of drug-likeness (QED) is 0.175. The lowest BCUT2D eigenvalue weighted by Gasteiger charge is -2.26. The first-order chi connectivity index (χ1) is 27.5. The van der Waals surface area contributed by atoms with Crippen molar-refractivity contribution in [2.75, 3.05) is 4.90 Å². The van der Waals surface area contributed by atoms with Crippen molar-refractivity contribution in [2.24, 2.45) is 0 Å². The maximum Gasteiger partial charge on any atom is 0.143 e. The summed E-state index contributed by atoms with van der Waals surface area (Å²) in [5, 5.41) is 6.08. The van der Waals surface area contributed by atoms with Crippen LogP contribution >= 0.6 is 0 Å². The van der Waals surface area contributed by atoms with Gasteiger partial charge in [0, 0.05) is 22.1 Å². The Morgan fingerprint density at radius 3 is 1.75 bits per heavy atom. The molecule has 2 nitrogen and oxygen atoms in total. The molecule has 0 radical (unpaired) electrons. The molecular weight excluding hydrogens is 631 g/mol. The van der Waals surface area contributed by atoms with E-state index in [2.05, 4.69) is 66.7 Å². The molecule has 0 unspecified atom stereocenters. The van der Waals surface area contributed by atoms with Crippen LogP contribution in [0.5, 0.6) is 0 Å². The summed E-state index contributed by atoms with van der Waals surface area (Å²) in [4.78, 5) is 1.86. The normalized spacial score (nSPS) is 12.5. The summed E-state index contributed by atoms with van der Waals surface area (Å²) >= 11 is 0. The zero-order valence-corrected chi connectivity index (χ0v) is 28.1. The minimum absolute atomic E-state index is 0.110. The number of benzene rings is 9. The summed E-state index contributed by atoms with van der Waals surface area (Å²) in [6, 6.07) is 58.0. The number of hydrogen-bond acceptors (Lipinski definition) is 2. The fourth-order valence-corrected chi connectivity index (χ4v) is 7.40. The highest BCUT2D eigenvalue weighted by Gasteiger charge is 2.20. The maximum atomic E-state index is 9.58. The van der Waals surface area contributed by atoms with Crippen molar-refractivity contribution >= 4 is 60.5 Å². The summed E-state index contributed by atoms with van der Waals surface area (Å²) in [6.45, 7) is 0. The Morgan fingerprint density at radius 2 is 0.981 bits per heavy atom. The van der Waals surface area contributed by atoms with E-state index in [-0.39, 0.29) is 35.4 Å². The molecule has 1 heterocycles. The highest BCUT2D eigenvalue weighted by atomic mass is 16.3. The van der Waals surface area contributed by atoms with Crippen LogP contribution in [0.2, 0.25) is 0 Å². The lowest BCUT2D eigenvalue weighted by molar-refractivity contribution is 0.672. The van der Waals surface area contributed by atoms with Gasteiger partial charge in [-0.15, -0.1) is 0 Å². The number of hydrogen-bond donors (Lipinski definition) is 0. The smallest absolute Gasteiger partial charge is 0.143 e. The topological polar surface area (TPSA) is 16.4 Å². The largest absolute Gasteiger partial charge is 0.455 e. The summed E-state index contributed by atoms with van der Waals surface area (Å²) in [5.41, 5.74) is 8.03. The van der Waals surface area contributed by atoms with Crippen LogP contribution in [-0.4, -0.2) is 0 Å². The minimum Gasteiger partial charge on any atom is -0.455 e. The molecule has 0 saturated heterocycles. The molecule has 9 aromatic carbocycles. The Kier molecular flexibility index (Phi) is 6.22. The summed E-state index contributed by atoms with van der Waals surface area (Å²) in [7, 11) is 0. The SMILES string of the molecule is [2H]c1c([2H])c(N(c2ccc(-c3cccc4ccccc34)cc2)c2cccc3oc4c5ccccc5ccc4c23)c([2H])c([2H])c1-c1ccc(-c2ccccc2)cc1. The molecule has 0 amide bonds. The standard InChI is InChI=1S/C50H33NO/c1-2-10-34(11-3-1)35-20-22-36(23-21-35)37-24-29-41(30-25-37)51(42-31-26-40(27-32-42)44-17-8-14-38-12-4-6-15-43(38)44)47-18-9-19-48-49(47)46-33-28-39-13-5-7-16-45(39)50(46)52-48/h1-33H/i24D,25D,29D,30D. The Labute approximate surface area is 308 Å². The second-order valence-electron chi connectivity index (χ2n) is 13.0. The molecular formula is C50H33NO. The van der Waals surface area contributed by atoms with E-state index >= 15 is 0 Å². The number of rotatable bonds is 6. The molecule has 52 heavy (non-hydrogen) atoms. The van der Waals surface area contributed by atoms with Gasteiger partial charge in [0.15, 0.2) is 0 Å². The van der Waals surface area contributed by atoms with Crippen molar-refractivity contribution in [2.45, 2.75) is 0 Å². The zero-order chi connectivity index (χ0) is 37.9. The van der Waals surface area contributed by atoms with E-state index in [0.29, 0.717) is 22.5 Å². The first-order valence-electron chi connectivity index (χ1n) is 19.4. The van der Waals surface area contributed by atoms with E-state index in [9.17, 15) is 5.48 Å². The summed E-state index contributed by atoms with van der Waals surface area (Å²) < 4.78 is 44.5. The molecule has 0 atom stereocenters. The van der Waals surface area contributed by atoms with Crippen LogP contribution in [0.3, 0.4) is 0 Å². The van der Waals surface area contributed by atoms with Gasteiger partial charge < -0.3 is 9.32 Å². The molecule has 1 aromatic heterocycles. The minimum atomic E-state index is -0.137. The molecule has 10 rings (SSSR count). The lowest BCUT2D eigenvalue weighted by atomic mass is 9.97. The van der Waals surface area contributed by atoms with Crippen LogP contribution in [0.15, 0.2) is 205 Å². The van der Waals surface area contributed by atoms with Crippen molar-refractivity contribution in [3.8, 4) is 33.4 Å². The number of anilines is 3. The first-order valence-corrected chi connectivity index (χ1v) is 17.4. The van der Waals surface area contributed by atoms with Crippen LogP contribution < -0.4 is 4.90 Å². The van der Waals surface area contributed by atoms with Crippen molar-refractivity contribution in [3.63, 3.8) is 0 Å². The van der Waals surface area contributed by atoms with Crippen LogP contribution in [0.4, 0.5) is 17.1 Å². The van der Waals surface area contributed by atoms with Gasteiger partial charge in [-0.1, -0.05) is 158 Å². The van der Waals surface area contributed by atoms with Gasteiger partial charge in [0.2, 0.25) is 0 Å². The first kappa shape index (κ1) is 26.0. The predicted molar refractivity (Wildman–Crippen MR) is 220 cm³/mol. The zero-order valence-electron chi connectivity index (χ0n) is 32.1. The van der Waals surface area contributed by atoms with Gasteiger partial charge in [-0.25, -0.2) is 0 Å². The van der Waals surface area contributed by atoms with Crippen molar-refractivity contribution < 1.29 is 9.90 Å². The van der Waals surface area contributed by atoms with Crippen LogP contribution in [0.1, 0.15) is 5.48 Å².